The van der Waals surface area contributed by atoms with E-state index < -0.39 is 16.6 Å². The number of nitrogens with zero attached hydrogens (tertiary/aromatic N) is 2. The fourth-order valence-corrected chi connectivity index (χ4v) is 2.93. The number of allylic oxidation sites excluding steroid dienone is 5. The van der Waals surface area contributed by atoms with Crippen LogP contribution < -0.4 is 15.7 Å². The van der Waals surface area contributed by atoms with Crippen LogP contribution in [0, 0.1) is 16.2 Å². The number of rotatable bonds is 2. The van der Waals surface area contributed by atoms with Crippen LogP contribution in [0.1, 0.15) is 10.4 Å². The maximum absolute atomic E-state index is 13.0. The summed E-state index contributed by atoms with van der Waals surface area (Å²) in [6, 6.07) is 10.0. The lowest BCUT2D eigenvalue weighted by Crippen LogP contribution is -2.18. The van der Waals surface area contributed by atoms with Crippen LogP contribution in [0.25, 0.3) is 0 Å². The molecule has 4 rings (SSSR count). The summed E-state index contributed by atoms with van der Waals surface area (Å²) in [7, 11) is 0. The largest absolute Gasteiger partial charge is 0.612 e. The quantitative estimate of drug-likeness (QED) is 0.532. The first-order valence-corrected chi connectivity index (χ1v) is 8.51. The summed E-state index contributed by atoms with van der Waals surface area (Å²) in [6.45, 7) is 0. The van der Waals surface area contributed by atoms with Crippen molar-refractivity contribution >= 4 is 28.7 Å². The van der Waals surface area contributed by atoms with Crippen LogP contribution in [-0.4, -0.2) is 21.7 Å². The van der Waals surface area contributed by atoms with Crippen molar-refractivity contribution in [3.63, 3.8) is 0 Å². The number of fused-ring (bicyclic) bond motifs is 1. The number of hydrogen-bond donors (Lipinski definition) is 3. The molecule has 3 N–H and O–H groups in total. The first kappa shape index (κ1) is 18.3. The molecule has 8 nitrogen and oxygen atoms in total. The highest BCUT2D eigenvalue weighted by atomic mass is 19.1. The second-order valence-electron chi connectivity index (χ2n) is 6.28. The van der Waals surface area contributed by atoms with Crippen LogP contribution in [-0.2, 0) is 0 Å². The summed E-state index contributed by atoms with van der Waals surface area (Å²) < 4.78 is 13.0. The SMILES string of the molecule is O=C(Nc1ccc2c(c1)N(O)C(=C1C=CC(=[N+]([O-])[O-])C=C1)N2)c1ccc(F)cc1. The molecule has 2 aromatic carbocycles. The third-order valence-electron chi connectivity index (χ3n) is 4.41. The molecule has 0 spiro atoms. The van der Waals surface area contributed by atoms with Crippen molar-refractivity contribution < 1.29 is 19.3 Å². The highest BCUT2D eigenvalue weighted by Crippen LogP contribution is 2.38. The minimum Gasteiger partial charge on any atom is -0.612 e. The zero-order valence-corrected chi connectivity index (χ0v) is 14.8. The Bertz CT molecular complexity index is 1100. The lowest BCUT2D eigenvalue weighted by molar-refractivity contribution is -0.377. The van der Waals surface area contributed by atoms with Crippen LogP contribution in [0.5, 0.6) is 0 Å². The molecule has 0 bridgehead atoms. The van der Waals surface area contributed by atoms with Gasteiger partial charge in [0.2, 0.25) is 5.71 Å². The summed E-state index contributed by atoms with van der Waals surface area (Å²) in [5, 5.41) is 38.7. The molecule has 1 heterocycles. The number of anilines is 3. The first-order valence-electron chi connectivity index (χ1n) is 8.51. The molecule has 9 heteroatoms. The Labute approximate surface area is 164 Å². The van der Waals surface area contributed by atoms with Gasteiger partial charge in [0.1, 0.15) is 11.6 Å². The number of amides is 1. The highest BCUT2D eigenvalue weighted by molar-refractivity contribution is 6.05. The summed E-state index contributed by atoms with van der Waals surface area (Å²) in [5.74, 6) is -0.521. The minimum atomic E-state index is -0.502. The van der Waals surface area contributed by atoms with Gasteiger partial charge >= 0.3 is 0 Å². The van der Waals surface area contributed by atoms with E-state index >= 15 is 0 Å². The van der Waals surface area contributed by atoms with Crippen LogP contribution in [0.4, 0.5) is 21.5 Å². The second kappa shape index (κ2) is 7.13. The van der Waals surface area contributed by atoms with Gasteiger partial charge in [0.05, 0.1) is 11.4 Å². The van der Waals surface area contributed by atoms with E-state index in [2.05, 4.69) is 10.6 Å². The Morgan fingerprint density at radius 3 is 2.41 bits per heavy atom. The van der Waals surface area contributed by atoms with Crippen molar-refractivity contribution in [1.82, 2.24) is 0 Å². The number of nitrogens with one attached hydrogen (secondary N) is 2. The fraction of sp³-hybridized carbons (Fsp3) is 0. The third-order valence-corrected chi connectivity index (χ3v) is 4.41. The number of carbonyl (C=O) groups is 1. The Balaban J connectivity index is 1.56. The Hall–Kier alpha value is -4.11. The van der Waals surface area contributed by atoms with Gasteiger partial charge in [-0.2, -0.15) is 4.90 Å². The van der Waals surface area contributed by atoms with E-state index in [0.29, 0.717) is 34.0 Å². The molecule has 146 valence electrons. The van der Waals surface area contributed by atoms with E-state index in [0.717, 1.165) is 5.06 Å². The smallest absolute Gasteiger partial charge is 0.255 e. The Kier molecular flexibility index (Phi) is 4.49. The molecule has 0 radical (unpaired) electrons. The van der Waals surface area contributed by atoms with E-state index in [9.17, 15) is 24.8 Å². The molecule has 2 aliphatic rings. The number of carbonyl (C=O) groups excluding carboxylic acids is 1. The van der Waals surface area contributed by atoms with E-state index in [1.807, 2.05) is 0 Å². The van der Waals surface area contributed by atoms with Gasteiger partial charge in [-0.25, -0.2) is 9.45 Å². The van der Waals surface area contributed by atoms with E-state index in [-0.39, 0.29) is 5.71 Å². The molecule has 0 saturated heterocycles. The monoisotopic (exact) mass is 393 g/mol. The lowest BCUT2D eigenvalue weighted by atomic mass is 10.1. The molecule has 1 amide bonds. The third kappa shape index (κ3) is 3.54. The number of benzene rings is 2. The molecule has 29 heavy (non-hydrogen) atoms. The molecule has 0 fully saturated rings. The minimum absolute atomic E-state index is 0.0554. The van der Waals surface area contributed by atoms with Crippen molar-refractivity contribution in [3.05, 3.63) is 100.0 Å². The number of hydroxylamine groups is 1. The number of hydrogen-bond acceptors (Lipinski definition) is 6. The lowest BCUT2D eigenvalue weighted by Gasteiger charge is -2.15. The van der Waals surface area contributed by atoms with Crippen molar-refractivity contribution in [1.29, 1.82) is 0 Å². The van der Waals surface area contributed by atoms with Gasteiger partial charge in [-0.3, -0.25) is 10.0 Å². The Morgan fingerprint density at radius 2 is 1.76 bits per heavy atom. The summed E-state index contributed by atoms with van der Waals surface area (Å²) in [4.78, 5) is 11.8. The van der Waals surface area contributed by atoms with Gasteiger partial charge in [-0.05, 0) is 54.6 Å². The van der Waals surface area contributed by atoms with Crippen LogP contribution in [0.2, 0.25) is 0 Å². The molecular formula is C20H14FN4O4-. The molecular weight excluding hydrogens is 379 g/mol. The van der Waals surface area contributed by atoms with Gasteiger partial charge in [0, 0.05) is 29.0 Å². The molecule has 0 aromatic heterocycles. The van der Waals surface area contributed by atoms with Gasteiger partial charge in [0.15, 0.2) is 0 Å². The normalized spacial score (nSPS) is 14.7. The average molecular weight is 393 g/mol. The molecule has 1 aliphatic heterocycles. The topological polar surface area (TPSA) is 114 Å². The van der Waals surface area contributed by atoms with E-state index in [1.165, 1.54) is 48.6 Å². The zero-order valence-electron chi connectivity index (χ0n) is 14.8. The highest BCUT2D eigenvalue weighted by Gasteiger charge is 2.25. The van der Waals surface area contributed by atoms with Crippen molar-refractivity contribution in [3.8, 4) is 0 Å². The molecule has 2 aromatic rings. The van der Waals surface area contributed by atoms with Gasteiger partial charge in [-0.15, -0.1) is 0 Å². The predicted molar refractivity (Wildman–Crippen MR) is 106 cm³/mol. The summed E-state index contributed by atoms with van der Waals surface area (Å²) in [6.07, 6.45) is 5.73. The standard InChI is InChI=1S/C20H14FN4O4/c21-14-5-1-13(2-6-14)20(26)22-15-7-10-17-18(11-15)24(27)19(23-17)12-3-8-16(9-4-12)25(28)29/h1-11,23,27H,(H-,22,26,28,29)/q-1. The zero-order chi connectivity index (χ0) is 20.5. The van der Waals surface area contributed by atoms with Crippen molar-refractivity contribution in [2.24, 2.45) is 0 Å². The summed E-state index contributed by atoms with van der Waals surface area (Å²) >= 11 is 0. The predicted octanol–water partition coefficient (Wildman–Crippen LogP) is 3.49. The Morgan fingerprint density at radius 1 is 1.07 bits per heavy atom. The maximum atomic E-state index is 13.0. The van der Waals surface area contributed by atoms with Gasteiger partial charge in [-0.1, -0.05) is 0 Å². The van der Waals surface area contributed by atoms with E-state index in [1.54, 1.807) is 18.2 Å². The molecule has 1 aliphatic carbocycles. The molecule has 0 saturated carbocycles. The fourth-order valence-electron chi connectivity index (χ4n) is 2.93. The van der Waals surface area contributed by atoms with Crippen LogP contribution >= 0.6 is 0 Å². The van der Waals surface area contributed by atoms with Crippen LogP contribution in [0.15, 0.2) is 78.2 Å². The van der Waals surface area contributed by atoms with Crippen molar-refractivity contribution in [2.45, 2.75) is 0 Å². The van der Waals surface area contributed by atoms with Gasteiger partial charge < -0.3 is 21.0 Å². The molecule has 0 atom stereocenters. The second-order valence-corrected chi connectivity index (χ2v) is 6.28. The maximum Gasteiger partial charge on any atom is 0.255 e. The van der Waals surface area contributed by atoms with Gasteiger partial charge in [0.25, 0.3) is 5.91 Å². The molecule has 0 unspecified atom stereocenters. The van der Waals surface area contributed by atoms with Crippen molar-refractivity contribution in [2.75, 3.05) is 15.7 Å². The number of halogens is 1. The summed E-state index contributed by atoms with van der Waals surface area (Å²) in [5.41, 5.74) is 2.22. The van der Waals surface area contributed by atoms with E-state index in [4.69, 9.17) is 0 Å². The van der Waals surface area contributed by atoms with Crippen LogP contribution in [0.3, 0.4) is 0 Å². The average Bonchev–Trinajstić information content (AvgIpc) is 3.05. The first-order chi connectivity index (χ1) is 13.9.